The molecular weight excluding hydrogens is 284 g/mol. The molecule has 2 aromatic rings. The smallest absolute Gasteiger partial charge is 0.0140 e. The number of hydrogen-bond donors (Lipinski definition) is 0. The highest BCUT2D eigenvalue weighted by atomic mass is 79.9. The zero-order chi connectivity index (χ0) is 13.2. The maximum Gasteiger partial charge on any atom is 0.0140 e. The Morgan fingerprint density at radius 2 is 1.06 bits per heavy atom. The maximum absolute atomic E-state index is 3.48. The van der Waals surface area contributed by atoms with Crippen LogP contribution in [-0.2, 0) is 0 Å². The summed E-state index contributed by atoms with van der Waals surface area (Å²) in [5.74, 6) is 0. The first-order valence-corrected chi connectivity index (χ1v) is 7.44. The van der Waals surface area contributed by atoms with Crippen molar-refractivity contribution in [2.45, 2.75) is 31.5 Å². The molecule has 0 atom stereocenters. The van der Waals surface area contributed by atoms with Crippen molar-refractivity contribution in [1.29, 1.82) is 0 Å². The molecule has 1 heteroatoms. The van der Waals surface area contributed by atoms with Crippen LogP contribution in [0.4, 0.5) is 0 Å². The van der Waals surface area contributed by atoms with E-state index in [9.17, 15) is 0 Å². The molecule has 2 rings (SSSR count). The van der Waals surface area contributed by atoms with Gasteiger partial charge in [-0.3, -0.25) is 0 Å². The molecule has 0 amide bonds. The molecule has 0 saturated carbocycles. The largest absolute Gasteiger partial charge is 0.0891 e. The molecule has 0 heterocycles. The summed E-state index contributed by atoms with van der Waals surface area (Å²) >= 11 is 3.48. The standard InChI is InChI=1S/C12H10.C5H11Br/c1-3-7-11(8-4-1)12-9-5-2-6-10-12;1-3-5(6)4-2/h1-10H;5H,3-4H2,1-2H3. The van der Waals surface area contributed by atoms with Crippen LogP contribution < -0.4 is 0 Å². The zero-order valence-electron chi connectivity index (χ0n) is 11.1. The Bertz CT molecular complexity index is 367. The SMILES string of the molecule is CCC(Br)CC.c1ccc(-c2ccccc2)cc1. The molecule has 0 nitrogen and oxygen atoms in total. The monoisotopic (exact) mass is 304 g/mol. The van der Waals surface area contributed by atoms with Crippen molar-refractivity contribution >= 4 is 15.9 Å². The summed E-state index contributed by atoms with van der Waals surface area (Å²) < 4.78 is 0. The Hall–Kier alpha value is -1.08. The number of halogens is 1. The average molecular weight is 305 g/mol. The number of rotatable bonds is 3. The molecule has 0 N–H and O–H groups in total. The third-order valence-corrected chi connectivity index (χ3v) is 4.06. The van der Waals surface area contributed by atoms with Crippen LogP contribution in [0.25, 0.3) is 11.1 Å². The van der Waals surface area contributed by atoms with Crippen LogP contribution in [0.5, 0.6) is 0 Å². The molecule has 0 aliphatic rings. The van der Waals surface area contributed by atoms with Crippen LogP contribution in [0.1, 0.15) is 26.7 Å². The predicted molar refractivity (Wildman–Crippen MR) is 85.2 cm³/mol. The summed E-state index contributed by atoms with van der Waals surface area (Å²) in [7, 11) is 0. The van der Waals surface area contributed by atoms with E-state index in [-0.39, 0.29) is 0 Å². The first-order chi connectivity index (χ1) is 8.77. The van der Waals surface area contributed by atoms with Crippen LogP contribution in [-0.4, -0.2) is 4.83 Å². The fourth-order valence-corrected chi connectivity index (χ4v) is 1.55. The highest BCUT2D eigenvalue weighted by Crippen LogP contribution is 2.17. The van der Waals surface area contributed by atoms with Gasteiger partial charge < -0.3 is 0 Å². The van der Waals surface area contributed by atoms with Crippen LogP contribution >= 0.6 is 15.9 Å². The Balaban J connectivity index is 0.000000232. The highest BCUT2D eigenvalue weighted by molar-refractivity contribution is 9.09. The molecule has 18 heavy (non-hydrogen) atoms. The van der Waals surface area contributed by atoms with Gasteiger partial charge in [-0.05, 0) is 24.0 Å². The van der Waals surface area contributed by atoms with Crippen LogP contribution in [0, 0.1) is 0 Å². The van der Waals surface area contributed by atoms with Crippen LogP contribution in [0.3, 0.4) is 0 Å². The molecular formula is C17H21Br. The van der Waals surface area contributed by atoms with E-state index in [1.807, 2.05) is 12.1 Å². The van der Waals surface area contributed by atoms with E-state index in [1.165, 1.54) is 24.0 Å². The minimum absolute atomic E-state index is 0.748. The maximum atomic E-state index is 3.48. The normalized spacial score (nSPS) is 9.78. The average Bonchev–Trinajstić information content (AvgIpc) is 2.49. The van der Waals surface area contributed by atoms with Gasteiger partial charge in [0.15, 0.2) is 0 Å². The third kappa shape index (κ3) is 5.50. The Labute approximate surface area is 119 Å². The lowest BCUT2D eigenvalue weighted by Gasteiger charge is -1.98. The van der Waals surface area contributed by atoms with E-state index in [4.69, 9.17) is 0 Å². The number of alkyl halides is 1. The van der Waals surface area contributed by atoms with E-state index in [2.05, 4.69) is 78.3 Å². The summed E-state index contributed by atoms with van der Waals surface area (Å²) in [6.45, 7) is 4.37. The second-order valence-electron chi connectivity index (χ2n) is 4.15. The first kappa shape index (κ1) is 15.0. The fourth-order valence-electron chi connectivity index (χ4n) is 1.55. The molecule has 0 radical (unpaired) electrons. The van der Waals surface area contributed by atoms with Crippen LogP contribution in [0.15, 0.2) is 60.7 Å². The van der Waals surface area contributed by atoms with Gasteiger partial charge in [0, 0.05) is 4.83 Å². The van der Waals surface area contributed by atoms with Gasteiger partial charge in [0.1, 0.15) is 0 Å². The number of hydrogen-bond acceptors (Lipinski definition) is 0. The first-order valence-electron chi connectivity index (χ1n) is 6.52. The van der Waals surface area contributed by atoms with Crippen molar-refractivity contribution in [1.82, 2.24) is 0 Å². The summed E-state index contributed by atoms with van der Waals surface area (Å²) in [4.78, 5) is 0.748. The second kappa shape index (κ2) is 8.93. The van der Waals surface area contributed by atoms with Crippen molar-refractivity contribution in [3.05, 3.63) is 60.7 Å². The van der Waals surface area contributed by atoms with Gasteiger partial charge in [-0.15, -0.1) is 0 Å². The van der Waals surface area contributed by atoms with E-state index in [0.717, 1.165) is 4.83 Å². The summed E-state index contributed by atoms with van der Waals surface area (Å²) in [5.41, 5.74) is 2.55. The van der Waals surface area contributed by atoms with Gasteiger partial charge in [-0.2, -0.15) is 0 Å². The lowest BCUT2D eigenvalue weighted by atomic mass is 10.1. The zero-order valence-corrected chi connectivity index (χ0v) is 12.7. The van der Waals surface area contributed by atoms with E-state index in [1.54, 1.807) is 0 Å². The van der Waals surface area contributed by atoms with Crippen molar-refractivity contribution in [2.24, 2.45) is 0 Å². The fraction of sp³-hybridized carbons (Fsp3) is 0.294. The molecule has 0 fully saturated rings. The molecule has 0 unspecified atom stereocenters. The lowest BCUT2D eigenvalue weighted by Crippen LogP contribution is -1.88. The van der Waals surface area contributed by atoms with Gasteiger partial charge in [-0.25, -0.2) is 0 Å². The minimum atomic E-state index is 0.748. The molecule has 0 aliphatic carbocycles. The predicted octanol–water partition coefficient (Wildman–Crippen LogP) is 5.92. The van der Waals surface area contributed by atoms with E-state index < -0.39 is 0 Å². The molecule has 96 valence electrons. The molecule has 2 aromatic carbocycles. The minimum Gasteiger partial charge on any atom is -0.0891 e. The third-order valence-electron chi connectivity index (χ3n) is 2.77. The molecule has 0 aliphatic heterocycles. The van der Waals surface area contributed by atoms with Crippen molar-refractivity contribution in [2.75, 3.05) is 0 Å². The Morgan fingerprint density at radius 1 is 0.722 bits per heavy atom. The van der Waals surface area contributed by atoms with Gasteiger partial charge in [-0.1, -0.05) is 90.4 Å². The van der Waals surface area contributed by atoms with Crippen molar-refractivity contribution < 1.29 is 0 Å². The summed E-state index contributed by atoms with van der Waals surface area (Å²) in [5, 5.41) is 0. The summed E-state index contributed by atoms with van der Waals surface area (Å²) in [6.07, 6.45) is 2.49. The van der Waals surface area contributed by atoms with Crippen molar-refractivity contribution in [3.63, 3.8) is 0 Å². The van der Waals surface area contributed by atoms with Gasteiger partial charge in [0.25, 0.3) is 0 Å². The Morgan fingerprint density at radius 3 is 1.28 bits per heavy atom. The van der Waals surface area contributed by atoms with Gasteiger partial charge in [0.05, 0.1) is 0 Å². The topological polar surface area (TPSA) is 0 Å². The van der Waals surface area contributed by atoms with Gasteiger partial charge >= 0.3 is 0 Å². The molecule has 0 bridgehead atoms. The van der Waals surface area contributed by atoms with Crippen molar-refractivity contribution in [3.8, 4) is 11.1 Å². The molecule has 0 aromatic heterocycles. The van der Waals surface area contributed by atoms with Gasteiger partial charge in [0.2, 0.25) is 0 Å². The molecule has 0 saturated heterocycles. The quantitative estimate of drug-likeness (QED) is 0.617. The van der Waals surface area contributed by atoms with E-state index >= 15 is 0 Å². The lowest BCUT2D eigenvalue weighted by molar-refractivity contribution is 0.806. The highest BCUT2D eigenvalue weighted by Gasteiger charge is 1.92. The Kier molecular flexibility index (Phi) is 7.43. The van der Waals surface area contributed by atoms with E-state index in [0.29, 0.717) is 0 Å². The molecule has 0 spiro atoms. The number of benzene rings is 2. The van der Waals surface area contributed by atoms with Crippen LogP contribution in [0.2, 0.25) is 0 Å². The second-order valence-corrected chi connectivity index (χ2v) is 5.44. The summed E-state index contributed by atoms with van der Waals surface area (Å²) in [6, 6.07) is 20.8.